The molecule has 1 amide bonds. The molecule has 122 valence electrons. The summed E-state index contributed by atoms with van der Waals surface area (Å²) in [6, 6.07) is 14.6. The van der Waals surface area contributed by atoms with Crippen LogP contribution in [0.3, 0.4) is 0 Å². The van der Waals surface area contributed by atoms with Crippen LogP contribution in [0.5, 0.6) is 0 Å². The fourth-order valence-electron chi connectivity index (χ4n) is 2.00. The second-order valence-electron chi connectivity index (χ2n) is 5.11. The van der Waals surface area contributed by atoms with Crippen molar-refractivity contribution in [3.63, 3.8) is 0 Å². The fraction of sp³-hybridized carbons (Fsp3) is 0.0588. The van der Waals surface area contributed by atoms with Crippen LogP contribution in [0, 0.1) is 18.3 Å². The zero-order valence-electron chi connectivity index (χ0n) is 12.9. The Morgan fingerprint density at radius 2 is 1.88 bits per heavy atom. The van der Waals surface area contributed by atoms with Gasteiger partial charge in [0.1, 0.15) is 11.6 Å². The zero-order valence-corrected chi connectivity index (χ0v) is 13.7. The summed E-state index contributed by atoms with van der Waals surface area (Å²) < 4.78 is 22.4. The summed E-state index contributed by atoms with van der Waals surface area (Å²) in [6.07, 6.45) is 1.49. The minimum atomic E-state index is -3.79. The predicted molar refractivity (Wildman–Crippen MR) is 91.2 cm³/mol. The highest BCUT2D eigenvalue weighted by Crippen LogP contribution is 2.15. The fourth-order valence-corrected chi connectivity index (χ4v) is 2.52. The summed E-state index contributed by atoms with van der Waals surface area (Å²) >= 11 is 0. The highest BCUT2D eigenvalue weighted by molar-refractivity contribution is 7.89. The van der Waals surface area contributed by atoms with Crippen molar-refractivity contribution in [2.24, 2.45) is 5.14 Å². The van der Waals surface area contributed by atoms with Crippen LogP contribution in [-0.4, -0.2) is 14.3 Å². The number of amides is 1. The summed E-state index contributed by atoms with van der Waals surface area (Å²) in [5.74, 6) is -0.581. The highest BCUT2D eigenvalue weighted by Gasteiger charge is 2.11. The van der Waals surface area contributed by atoms with Crippen molar-refractivity contribution in [2.45, 2.75) is 11.8 Å². The number of hydrogen-bond donors (Lipinski definition) is 2. The molecule has 2 aromatic carbocycles. The third kappa shape index (κ3) is 4.52. The molecule has 0 saturated heterocycles. The summed E-state index contributed by atoms with van der Waals surface area (Å²) in [7, 11) is -3.79. The lowest BCUT2D eigenvalue weighted by atomic mass is 10.1. The first-order chi connectivity index (χ1) is 11.3. The molecule has 0 bridgehead atoms. The number of carbonyl (C=O) groups excluding carboxylic acids is 1. The molecule has 2 rings (SSSR count). The number of nitrogens with one attached hydrogen (secondary N) is 1. The van der Waals surface area contributed by atoms with E-state index in [1.54, 1.807) is 6.07 Å². The van der Waals surface area contributed by atoms with Crippen LogP contribution < -0.4 is 10.5 Å². The first-order valence-electron chi connectivity index (χ1n) is 6.92. The van der Waals surface area contributed by atoms with Crippen LogP contribution in [0.4, 0.5) is 5.69 Å². The molecule has 0 radical (unpaired) electrons. The molecular formula is C17H15N3O3S. The van der Waals surface area contributed by atoms with Crippen molar-refractivity contribution in [3.05, 3.63) is 65.2 Å². The van der Waals surface area contributed by atoms with Gasteiger partial charge in [-0.1, -0.05) is 29.8 Å². The maximum atomic E-state index is 12.2. The number of primary sulfonamides is 1. The molecule has 0 aliphatic heterocycles. The molecule has 0 fully saturated rings. The number of aryl methyl sites for hydroxylation is 1. The lowest BCUT2D eigenvalue weighted by Gasteiger charge is -2.05. The molecule has 0 aliphatic rings. The van der Waals surface area contributed by atoms with Gasteiger partial charge in [-0.25, -0.2) is 13.6 Å². The maximum absolute atomic E-state index is 12.2. The number of nitriles is 1. The average Bonchev–Trinajstić information content (AvgIpc) is 2.52. The smallest absolute Gasteiger partial charge is 0.266 e. The van der Waals surface area contributed by atoms with E-state index < -0.39 is 15.9 Å². The normalized spacial score (nSPS) is 11.6. The Kier molecular flexibility index (Phi) is 5.14. The van der Waals surface area contributed by atoms with E-state index in [4.69, 9.17) is 5.14 Å². The minimum Gasteiger partial charge on any atom is -0.321 e. The number of sulfonamides is 1. The average molecular weight is 341 g/mol. The van der Waals surface area contributed by atoms with Crippen molar-refractivity contribution in [2.75, 3.05) is 5.32 Å². The Labute approximate surface area is 140 Å². The number of nitrogens with two attached hydrogens (primary N) is 1. The van der Waals surface area contributed by atoms with Gasteiger partial charge in [-0.2, -0.15) is 5.26 Å². The number of carbonyl (C=O) groups is 1. The number of benzene rings is 2. The van der Waals surface area contributed by atoms with E-state index >= 15 is 0 Å². The molecule has 0 aliphatic carbocycles. The van der Waals surface area contributed by atoms with Gasteiger partial charge < -0.3 is 5.32 Å². The second-order valence-corrected chi connectivity index (χ2v) is 6.67. The van der Waals surface area contributed by atoms with Gasteiger partial charge >= 0.3 is 0 Å². The van der Waals surface area contributed by atoms with Gasteiger partial charge in [-0.05, 0) is 42.8 Å². The quantitative estimate of drug-likeness (QED) is 0.655. The molecule has 3 N–H and O–H groups in total. The molecule has 0 saturated carbocycles. The maximum Gasteiger partial charge on any atom is 0.266 e. The molecule has 0 spiro atoms. The van der Waals surface area contributed by atoms with Crippen LogP contribution in [-0.2, 0) is 14.8 Å². The lowest BCUT2D eigenvalue weighted by Crippen LogP contribution is -2.14. The van der Waals surface area contributed by atoms with Crippen molar-refractivity contribution >= 4 is 27.7 Å². The number of hydrogen-bond acceptors (Lipinski definition) is 4. The van der Waals surface area contributed by atoms with Gasteiger partial charge in [0.25, 0.3) is 5.91 Å². The Hall–Kier alpha value is -2.95. The summed E-state index contributed by atoms with van der Waals surface area (Å²) in [4.78, 5) is 12.1. The first kappa shape index (κ1) is 17.4. The molecule has 0 atom stereocenters. The largest absolute Gasteiger partial charge is 0.321 e. The lowest BCUT2D eigenvalue weighted by molar-refractivity contribution is -0.112. The van der Waals surface area contributed by atoms with E-state index in [1.807, 2.05) is 31.2 Å². The van der Waals surface area contributed by atoms with Crippen molar-refractivity contribution < 1.29 is 13.2 Å². The molecule has 7 heteroatoms. The van der Waals surface area contributed by atoms with E-state index in [0.29, 0.717) is 5.69 Å². The third-order valence-electron chi connectivity index (χ3n) is 3.16. The van der Waals surface area contributed by atoms with E-state index in [1.165, 1.54) is 30.3 Å². The number of anilines is 1. The SMILES string of the molecule is Cc1cccc(C=C(C#N)C(=O)Nc2ccc(S(N)(=O)=O)cc2)c1. The van der Waals surface area contributed by atoms with Gasteiger partial charge in [0.15, 0.2) is 0 Å². The van der Waals surface area contributed by atoms with Crippen molar-refractivity contribution in [3.8, 4) is 6.07 Å². The third-order valence-corrected chi connectivity index (χ3v) is 4.09. The van der Waals surface area contributed by atoms with E-state index in [-0.39, 0.29) is 10.5 Å². The molecule has 6 nitrogen and oxygen atoms in total. The Morgan fingerprint density at radius 1 is 1.21 bits per heavy atom. The standard InChI is InChI=1S/C17H15N3O3S/c1-12-3-2-4-13(9-12)10-14(11-18)17(21)20-15-5-7-16(8-6-15)24(19,22)23/h2-10H,1H3,(H,20,21)(H2,19,22,23). The molecule has 0 unspecified atom stereocenters. The number of nitrogens with zero attached hydrogens (tertiary/aromatic N) is 1. The molecule has 0 heterocycles. The van der Waals surface area contributed by atoms with Gasteiger partial charge in [0.2, 0.25) is 10.0 Å². The zero-order chi connectivity index (χ0) is 17.7. The van der Waals surface area contributed by atoms with E-state index in [0.717, 1.165) is 11.1 Å². The Morgan fingerprint density at radius 3 is 2.42 bits per heavy atom. The van der Waals surface area contributed by atoms with E-state index in [9.17, 15) is 18.5 Å². The van der Waals surface area contributed by atoms with Crippen LogP contribution in [0.1, 0.15) is 11.1 Å². The molecular weight excluding hydrogens is 326 g/mol. The molecule has 2 aromatic rings. The summed E-state index contributed by atoms with van der Waals surface area (Å²) in [6.45, 7) is 1.91. The van der Waals surface area contributed by atoms with Crippen LogP contribution in [0.2, 0.25) is 0 Å². The van der Waals surface area contributed by atoms with Gasteiger partial charge in [0.05, 0.1) is 4.90 Å². The Bertz CT molecular complexity index is 940. The van der Waals surface area contributed by atoms with Gasteiger partial charge in [-0.15, -0.1) is 0 Å². The van der Waals surface area contributed by atoms with Gasteiger partial charge in [0, 0.05) is 5.69 Å². The minimum absolute atomic E-state index is 0.0590. The molecule has 24 heavy (non-hydrogen) atoms. The summed E-state index contributed by atoms with van der Waals surface area (Å²) in [5.41, 5.74) is 2.06. The predicted octanol–water partition coefficient (Wildman–Crippen LogP) is 2.19. The first-order valence-corrected chi connectivity index (χ1v) is 8.47. The van der Waals surface area contributed by atoms with Crippen LogP contribution in [0.15, 0.2) is 59.0 Å². The van der Waals surface area contributed by atoms with Gasteiger partial charge in [-0.3, -0.25) is 4.79 Å². The van der Waals surface area contributed by atoms with Crippen LogP contribution in [0.25, 0.3) is 6.08 Å². The Balaban J connectivity index is 2.20. The van der Waals surface area contributed by atoms with Crippen LogP contribution >= 0.6 is 0 Å². The van der Waals surface area contributed by atoms with Crippen molar-refractivity contribution in [1.82, 2.24) is 0 Å². The highest BCUT2D eigenvalue weighted by atomic mass is 32.2. The number of rotatable bonds is 4. The summed E-state index contributed by atoms with van der Waals surface area (Å²) in [5, 5.41) is 16.7. The monoisotopic (exact) mass is 341 g/mol. The molecule has 0 aromatic heterocycles. The topological polar surface area (TPSA) is 113 Å². The van der Waals surface area contributed by atoms with E-state index in [2.05, 4.69) is 5.32 Å². The second kappa shape index (κ2) is 7.08. The van der Waals surface area contributed by atoms with Crippen molar-refractivity contribution in [1.29, 1.82) is 5.26 Å².